The topological polar surface area (TPSA) is 24.9 Å². The van der Waals surface area contributed by atoms with Gasteiger partial charge in [0.25, 0.3) is 0 Å². The van der Waals surface area contributed by atoms with Gasteiger partial charge in [-0.3, -0.25) is 0 Å². The predicted molar refractivity (Wildman–Crippen MR) is 93.2 cm³/mol. The Morgan fingerprint density at radius 1 is 1.05 bits per heavy atom. The van der Waals surface area contributed by atoms with Crippen molar-refractivity contribution in [1.29, 1.82) is 0 Å². The molecule has 0 saturated carbocycles. The third kappa shape index (κ3) is 3.28. The Bertz CT molecular complexity index is 676. The van der Waals surface area contributed by atoms with E-state index in [-0.39, 0.29) is 0 Å². The van der Waals surface area contributed by atoms with Crippen LogP contribution in [0.1, 0.15) is 18.5 Å². The number of rotatable bonds is 5. The first kappa shape index (κ1) is 14.6. The summed E-state index contributed by atoms with van der Waals surface area (Å²) in [7, 11) is 2.02. The summed E-state index contributed by atoms with van der Waals surface area (Å²) in [5, 5.41) is 3.84. The van der Waals surface area contributed by atoms with Crippen molar-refractivity contribution in [3.8, 4) is 0 Å². The number of thioether (sulfide) groups is 1. The molecule has 3 aromatic rings. The Labute approximate surface area is 133 Å². The zero-order valence-electron chi connectivity index (χ0n) is 12.1. The van der Waals surface area contributed by atoms with Gasteiger partial charge >= 0.3 is 0 Å². The van der Waals surface area contributed by atoms with Crippen molar-refractivity contribution < 1.29 is 0 Å². The molecule has 0 fully saturated rings. The molecule has 0 bridgehead atoms. The minimum Gasteiger partial charge on any atom is -0.312 e. The van der Waals surface area contributed by atoms with Crippen LogP contribution in [-0.2, 0) is 0 Å². The van der Waals surface area contributed by atoms with E-state index in [1.165, 1.54) is 10.3 Å². The van der Waals surface area contributed by atoms with E-state index < -0.39 is 0 Å². The van der Waals surface area contributed by atoms with Crippen LogP contribution >= 0.6 is 23.1 Å². The van der Waals surface area contributed by atoms with Crippen LogP contribution in [0.15, 0.2) is 58.9 Å². The molecule has 2 aromatic carbocycles. The van der Waals surface area contributed by atoms with Crippen molar-refractivity contribution in [2.75, 3.05) is 7.05 Å². The standard InChI is InChI=1S/C17H18N2S2/c1-12(16(18-2)13-8-4-3-5-9-13)20-17-19-14-10-6-7-11-15(14)21-17/h3-12,16,18H,1-2H3. The highest BCUT2D eigenvalue weighted by Crippen LogP contribution is 2.36. The molecular weight excluding hydrogens is 296 g/mol. The molecule has 108 valence electrons. The molecule has 2 nitrogen and oxygen atoms in total. The van der Waals surface area contributed by atoms with Crippen molar-refractivity contribution >= 4 is 33.3 Å². The molecule has 0 aliphatic carbocycles. The van der Waals surface area contributed by atoms with Gasteiger partial charge in [0.05, 0.1) is 10.2 Å². The average Bonchev–Trinajstić information content (AvgIpc) is 2.91. The van der Waals surface area contributed by atoms with E-state index in [2.05, 4.69) is 60.8 Å². The summed E-state index contributed by atoms with van der Waals surface area (Å²) in [4.78, 5) is 4.72. The van der Waals surface area contributed by atoms with Crippen LogP contribution < -0.4 is 5.32 Å². The van der Waals surface area contributed by atoms with Gasteiger partial charge in [-0.25, -0.2) is 4.98 Å². The van der Waals surface area contributed by atoms with Gasteiger partial charge < -0.3 is 5.32 Å². The molecule has 1 heterocycles. The molecule has 4 heteroatoms. The molecule has 2 atom stereocenters. The summed E-state index contributed by atoms with van der Waals surface area (Å²) in [6, 6.07) is 19.2. The number of fused-ring (bicyclic) bond motifs is 1. The Morgan fingerprint density at radius 2 is 1.76 bits per heavy atom. The fourth-order valence-electron chi connectivity index (χ4n) is 2.46. The molecule has 3 rings (SSSR count). The van der Waals surface area contributed by atoms with Crippen molar-refractivity contribution in [2.45, 2.75) is 22.6 Å². The molecular formula is C17H18N2S2. The van der Waals surface area contributed by atoms with Crippen LogP contribution in [0.3, 0.4) is 0 Å². The summed E-state index contributed by atoms with van der Waals surface area (Å²) in [6.45, 7) is 2.25. The van der Waals surface area contributed by atoms with Crippen LogP contribution in [0.5, 0.6) is 0 Å². The lowest BCUT2D eigenvalue weighted by atomic mass is 10.0. The summed E-state index contributed by atoms with van der Waals surface area (Å²) in [6.07, 6.45) is 0. The normalized spacial score (nSPS) is 14.2. The lowest BCUT2D eigenvalue weighted by Gasteiger charge is -2.22. The Morgan fingerprint density at radius 3 is 2.48 bits per heavy atom. The summed E-state index contributed by atoms with van der Waals surface area (Å²) >= 11 is 3.61. The minimum atomic E-state index is 0.322. The fraction of sp³-hybridized carbons (Fsp3) is 0.235. The van der Waals surface area contributed by atoms with Crippen molar-refractivity contribution in [1.82, 2.24) is 10.3 Å². The number of hydrogen-bond acceptors (Lipinski definition) is 4. The summed E-state index contributed by atoms with van der Waals surface area (Å²) in [5.74, 6) is 0. The maximum atomic E-state index is 4.72. The summed E-state index contributed by atoms with van der Waals surface area (Å²) in [5.41, 5.74) is 2.42. The number of aromatic nitrogens is 1. The van der Waals surface area contributed by atoms with Gasteiger partial charge in [0, 0.05) is 11.3 Å². The molecule has 2 unspecified atom stereocenters. The molecule has 1 aromatic heterocycles. The fourth-order valence-corrected chi connectivity index (χ4v) is 4.97. The van der Waals surface area contributed by atoms with Gasteiger partial charge in [-0.2, -0.15) is 0 Å². The van der Waals surface area contributed by atoms with Crippen LogP contribution in [0.2, 0.25) is 0 Å². The van der Waals surface area contributed by atoms with Crippen molar-refractivity contribution in [2.24, 2.45) is 0 Å². The third-order valence-corrected chi connectivity index (χ3v) is 5.81. The molecule has 0 aliphatic heterocycles. The van der Waals surface area contributed by atoms with Crippen LogP contribution in [0.4, 0.5) is 0 Å². The van der Waals surface area contributed by atoms with Crippen LogP contribution in [-0.4, -0.2) is 17.3 Å². The monoisotopic (exact) mass is 314 g/mol. The number of para-hydroxylation sites is 1. The van der Waals surface area contributed by atoms with E-state index in [9.17, 15) is 0 Å². The second-order valence-corrected chi connectivity index (χ2v) is 7.60. The maximum absolute atomic E-state index is 4.72. The van der Waals surface area contributed by atoms with E-state index >= 15 is 0 Å². The highest BCUT2D eigenvalue weighted by Gasteiger charge is 2.19. The molecule has 21 heavy (non-hydrogen) atoms. The summed E-state index contributed by atoms with van der Waals surface area (Å²) < 4.78 is 2.40. The smallest absolute Gasteiger partial charge is 0.151 e. The van der Waals surface area contributed by atoms with Crippen LogP contribution in [0, 0.1) is 0 Å². The average molecular weight is 314 g/mol. The predicted octanol–water partition coefficient (Wildman–Crippen LogP) is 4.74. The van der Waals surface area contributed by atoms with Crippen LogP contribution in [0.25, 0.3) is 10.2 Å². The molecule has 0 saturated heterocycles. The van der Waals surface area contributed by atoms with Gasteiger partial charge in [-0.05, 0) is 24.7 Å². The largest absolute Gasteiger partial charge is 0.312 e. The van der Waals surface area contributed by atoms with Gasteiger partial charge in [-0.15, -0.1) is 11.3 Å². The van der Waals surface area contributed by atoms with Gasteiger partial charge in [0.1, 0.15) is 0 Å². The third-order valence-electron chi connectivity index (χ3n) is 3.50. The minimum absolute atomic E-state index is 0.322. The highest BCUT2D eigenvalue weighted by molar-refractivity contribution is 8.01. The van der Waals surface area contributed by atoms with E-state index in [4.69, 9.17) is 4.98 Å². The number of thiazole rings is 1. The second-order valence-electron chi connectivity index (χ2n) is 4.95. The Kier molecular flexibility index (Phi) is 4.58. The van der Waals surface area contributed by atoms with E-state index in [0.717, 1.165) is 9.86 Å². The molecule has 0 amide bonds. The zero-order chi connectivity index (χ0) is 14.7. The lowest BCUT2D eigenvalue weighted by Crippen LogP contribution is -2.25. The first-order valence-electron chi connectivity index (χ1n) is 7.02. The van der Waals surface area contributed by atoms with Crippen molar-refractivity contribution in [3.63, 3.8) is 0 Å². The van der Waals surface area contributed by atoms with Gasteiger partial charge in [0.15, 0.2) is 4.34 Å². The highest BCUT2D eigenvalue weighted by atomic mass is 32.2. The first-order chi connectivity index (χ1) is 10.3. The van der Waals surface area contributed by atoms with E-state index in [1.54, 1.807) is 11.3 Å². The maximum Gasteiger partial charge on any atom is 0.151 e. The van der Waals surface area contributed by atoms with E-state index in [1.807, 2.05) is 24.9 Å². The number of nitrogens with one attached hydrogen (secondary N) is 1. The zero-order valence-corrected chi connectivity index (χ0v) is 13.7. The number of hydrogen-bond donors (Lipinski definition) is 1. The SMILES string of the molecule is CNC(c1ccccc1)C(C)Sc1nc2ccccc2s1. The molecule has 0 aliphatic rings. The Hall–Kier alpha value is -1.36. The number of benzene rings is 2. The second kappa shape index (κ2) is 6.60. The Balaban J connectivity index is 1.79. The first-order valence-corrected chi connectivity index (χ1v) is 8.72. The lowest BCUT2D eigenvalue weighted by molar-refractivity contribution is 0.589. The molecule has 1 N–H and O–H groups in total. The number of nitrogens with zero attached hydrogens (tertiary/aromatic N) is 1. The van der Waals surface area contributed by atoms with Crippen molar-refractivity contribution in [3.05, 3.63) is 60.2 Å². The molecule has 0 spiro atoms. The van der Waals surface area contributed by atoms with Gasteiger partial charge in [0.2, 0.25) is 0 Å². The van der Waals surface area contributed by atoms with E-state index in [0.29, 0.717) is 11.3 Å². The molecule has 0 radical (unpaired) electrons. The quantitative estimate of drug-likeness (QED) is 0.689. The van der Waals surface area contributed by atoms with Gasteiger partial charge in [-0.1, -0.05) is 61.2 Å².